The first-order chi connectivity index (χ1) is 40.7. The fourth-order valence-electron chi connectivity index (χ4n) is 12.9. The standard InChI is InChI=1S/C70H42N10OS/c1-3-21-48(64-66-65(73-40-72-64)50-23-7-16-32-62(50)81-66)43(17-1)45-19-5-9-25-54(45)78-58-29-13-15-31-60(58)80-61-37-41(34-36-53(61)75-70(78)80)42-33-35-47-51-39-71-67(76-68(51)82-63(47)38-42)49-22-4-2-18-44(49)46-20-6-10-26-55(46)77-57-28-12-14-30-59(57)79-56-27-11-8-24-52(56)74-69(77)79/h1-40,47,63H. The summed E-state index contributed by atoms with van der Waals surface area (Å²) in [6.45, 7) is 0. The SMILES string of the molecule is C1=CC2c3cnc(-c4ccccc4-c4ccccc4-n4c5ccccc5n5c6ccccc6nc45)nc3SC2C=C1c1ccc2nc3n(-c4ccccc4-c4ccccc4-c4ncnc5c4oc4ccccc45)c4ccccc4n3c2c1. The molecule has 18 rings (SSSR count). The van der Waals surface area contributed by atoms with Gasteiger partial charge < -0.3 is 4.42 Å². The molecule has 384 valence electrons. The molecule has 0 spiro atoms. The van der Waals surface area contributed by atoms with Gasteiger partial charge in [-0.15, -0.1) is 0 Å². The molecule has 16 aromatic rings. The smallest absolute Gasteiger partial charge is 0.220 e. The van der Waals surface area contributed by atoms with Crippen molar-refractivity contribution in [3.05, 3.63) is 254 Å². The average molecular weight is 1070 g/mol. The fraction of sp³-hybridized carbons (Fsp3) is 0.0286. The van der Waals surface area contributed by atoms with Crippen LogP contribution in [0.2, 0.25) is 0 Å². The van der Waals surface area contributed by atoms with E-state index in [9.17, 15) is 0 Å². The van der Waals surface area contributed by atoms with Crippen molar-refractivity contribution in [1.29, 1.82) is 0 Å². The Kier molecular flexibility index (Phi) is 9.59. The van der Waals surface area contributed by atoms with E-state index >= 15 is 0 Å². The van der Waals surface area contributed by atoms with Crippen molar-refractivity contribution in [2.24, 2.45) is 0 Å². The zero-order valence-electron chi connectivity index (χ0n) is 43.5. The molecule has 1 aliphatic carbocycles. The highest BCUT2D eigenvalue weighted by Crippen LogP contribution is 2.50. The highest BCUT2D eigenvalue weighted by Gasteiger charge is 2.35. The number of nitrogens with zero attached hydrogens (tertiary/aromatic N) is 10. The summed E-state index contributed by atoms with van der Waals surface area (Å²) in [5, 5.41) is 2.13. The van der Waals surface area contributed by atoms with Crippen LogP contribution in [0.1, 0.15) is 17.0 Å². The number of furan rings is 1. The second-order valence-electron chi connectivity index (χ2n) is 21.0. The predicted molar refractivity (Wildman–Crippen MR) is 329 cm³/mol. The minimum Gasteiger partial charge on any atom is -0.452 e. The van der Waals surface area contributed by atoms with Crippen LogP contribution in [0.3, 0.4) is 0 Å². The van der Waals surface area contributed by atoms with Gasteiger partial charge in [0.05, 0.1) is 55.5 Å². The maximum absolute atomic E-state index is 6.48. The van der Waals surface area contributed by atoms with E-state index in [1.54, 1.807) is 6.33 Å². The number of hydrogen-bond donors (Lipinski definition) is 0. The number of para-hydroxylation sites is 9. The lowest BCUT2D eigenvalue weighted by atomic mass is 9.89. The summed E-state index contributed by atoms with van der Waals surface area (Å²) in [5.74, 6) is 2.55. The number of allylic oxidation sites excluding steroid dienone is 3. The molecule has 0 saturated carbocycles. The molecule has 0 N–H and O–H groups in total. The Hall–Kier alpha value is -10.7. The molecule has 7 aromatic heterocycles. The van der Waals surface area contributed by atoms with Gasteiger partial charge in [-0.1, -0.05) is 170 Å². The molecule has 82 heavy (non-hydrogen) atoms. The van der Waals surface area contributed by atoms with Crippen LogP contribution in [0.25, 0.3) is 140 Å². The fourth-order valence-corrected chi connectivity index (χ4v) is 14.3. The highest BCUT2D eigenvalue weighted by molar-refractivity contribution is 8.00. The van der Waals surface area contributed by atoms with E-state index in [-0.39, 0.29) is 11.2 Å². The Labute approximate surface area is 471 Å². The lowest BCUT2D eigenvalue weighted by Gasteiger charge is -2.18. The van der Waals surface area contributed by atoms with Crippen molar-refractivity contribution in [1.82, 2.24) is 47.8 Å². The summed E-state index contributed by atoms with van der Waals surface area (Å²) in [4.78, 5) is 30.7. The monoisotopic (exact) mass is 1070 g/mol. The Balaban J connectivity index is 0.696. The third-order valence-electron chi connectivity index (χ3n) is 16.6. The molecule has 0 saturated heterocycles. The first-order valence-electron chi connectivity index (χ1n) is 27.4. The summed E-state index contributed by atoms with van der Waals surface area (Å²) in [6, 6.07) is 74.3. The molecule has 1 aliphatic heterocycles. The number of aromatic nitrogens is 10. The van der Waals surface area contributed by atoms with Crippen molar-refractivity contribution in [2.75, 3.05) is 0 Å². The van der Waals surface area contributed by atoms with Gasteiger partial charge in [0.2, 0.25) is 11.6 Å². The normalized spacial score (nSPS) is 15.0. The van der Waals surface area contributed by atoms with Gasteiger partial charge in [0.15, 0.2) is 11.4 Å². The summed E-state index contributed by atoms with van der Waals surface area (Å²) in [5.41, 5.74) is 22.9. The van der Waals surface area contributed by atoms with Crippen LogP contribution in [0, 0.1) is 0 Å². The van der Waals surface area contributed by atoms with Crippen LogP contribution in [-0.4, -0.2) is 53.1 Å². The van der Waals surface area contributed by atoms with Crippen molar-refractivity contribution < 1.29 is 4.42 Å². The van der Waals surface area contributed by atoms with Crippen LogP contribution in [0.15, 0.2) is 253 Å². The van der Waals surface area contributed by atoms with Gasteiger partial charge in [0, 0.05) is 50.6 Å². The molecule has 0 amide bonds. The third-order valence-corrected chi connectivity index (χ3v) is 17.8. The van der Waals surface area contributed by atoms with Crippen molar-refractivity contribution in [3.63, 3.8) is 0 Å². The molecule has 2 unspecified atom stereocenters. The molecule has 11 nitrogen and oxygen atoms in total. The van der Waals surface area contributed by atoms with E-state index in [4.69, 9.17) is 29.3 Å². The topological polar surface area (TPSA) is 109 Å². The van der Waals surface area contributed by atoms with E-state index < -0.39 is 0 Å². The molecule has 0 radical (unpaired) electrons. The Morgan fingerprint density at radius 2 is 1.04 bits per heavy atom. The lowest BCUT2D eigenvalue weighted by Crippen LogP contribution is -2.09. The molecule has 9 aromatic carbocycles. The number of fused-ring (bicyclic) bond motifs is 16. The molecule has 2 aliphatic rings. The van der Waals surface area contributed by atoms with E-state index in [0.29, 0.717) is 11.4 Å². The van der Waals surface area contributed by atoms with Crippen LogP contribution in [-0.2, 0) is 0 Å². The average Bonchev–Trinajstić information content (AvgIpc) is 3.07. The lowest BCUT2D eigenvalue weighted by molar-refractivity contribution is 0.667. The molecular weight excluding hydrogens is 1030 g/mol. The highest BCUT2D eigenvalue weighted by atomic mass is 32.2. The zero-order valence-corrected chi connectivity index (χ0v) is 44.4. The van der Waals surface area contributed by atoms with E-state index in [1.165, 1.54) is 5.57 Å². The summed E-state index contributed by atoms with van der Waals surface area (Å²) >= 11 is 1.82. The van der Waals surface area contributed by atoms with Gasteiger partial charge in [-0.05, 0) is 95.1 Å². The van der Waals surface area contributed by atoms with Gasteiger partial charge in [-0.3, -0.25) is 17.9 Å². The number of thioether (sulfide) groups is 1. The molecular formula is C70H42N10OS. The zero-order chi connectivity index (χ0) is 53.6. The molecule has 2 atom stereocenters. The molecule has 0 fully saturated rings. The molecule has 8 heterocycles. The minimum atomic E-state index is 0.149. The van der Waals surface area contributed by atoms with Crippen molar-refractivity contribution in [2.45, 2.75) is 16.2 Å². The molecule has 12 heteroatoms. The largest absolute Gasteiger partial charge is 0.452 e. The number of hydrogen-bond acceptors (Lipinski definition) is 8. The van der Waals surface area contributed by atoms with Crippen LogP contribution < -0.4 is 0 Å². The Morgan fingerprint density at radius 3 is 1.77 bits per heavy atom. The first kappa shape index (κ1) is 45.2. The second-order valence-corrected chi connectivity index (χ2v) is 22.2. The number of benzene rings is 9. The predicted octanol–water partition coefficient (Wildman–Crippen LogP) is 16.5. The first-order valence-corrected chi connectivity index (χ1v) is 28.3. The minimum absolute atomic E-state index is 0.149. The maximum atomic E-state index is 6.48. The molecule has 0 bridgehead atoms. The van der Waals surface area contributed by atoms with Crippen LogP contribution in [0.4, 0.5) is 0 Å². The quantitative estimate of drug-likeness (QED) is 0.145. The number of imidazole rings is 4. The summed E-state index contributed by atoms with van der Waals surface area (Å²) in [6.07, 6.45) is 10.7. The van der Waals surface area contributed by atoms with Gasteiger partial charge in [-0.2, -0.15) is 0 Å². The van der Waals surface area contributed by atoms with Gasteiger partial charge >= 0.3 is 0 Å². The number of rotatable bonds is 7. The van der Waals surface area contributed by atoms with E-state index in [0.717, 1.165) is 139 Å². The third kappa shape index (κ3) is 6.54. The Bertz CT molecular complexity index is 5440. The Morgan fingerprint density at radius 1 is 0.463 bits per heavy atom. The summed E-state index contributed by atoms with van der Waals surface area (Å²) in [7, 11) is 0. The summed E-state index contributed by atoms with van der Waals surface area (Å²) < 4.78 is 15.6. The van der Waals surface area contributed by atoms with Gasteiger partial charge in [0.25, 0.3) is 0 Å². The van der Waals surface area contributed by atoms with Crippen molar-refractivity contribution in [3.8, 4) is 56.3 Å². The second kappa shape index (κ2) is 17.4. The van der Waals surface area contributed by atoms with Crippen molar-refractivity contribution >= 4 is 95.1 Å². The van der Waals surface area contributed by atoms with E-state index in [1.807, 2.05) is 42.1 Å². The van der Waals surface area contributed by atoms with Gasteiger partial charge in [0.1, 0.15) is 28.1 Å². The maximum Gasteiger partial charge on any atom is 0.220 e. The van der Waals surface area contributed by atoms with Crippen LogP contribution >= 0.6 is 11.8 Å². The van der Waals surface area contributed by atoms with E-state index in [2.05, 4.69) is 229 Å². The van der Waals surface area contributed by atoms with Crippen LogP contribution in [0.5, 0.6) is 0 Å². The van der Waals surface area contributed by atoms with Gasteiger partial charge in [-0.25, -0.2) is 29.9 Å².